The molecule has 2 heterocycles. The predicted octanol–water partition coefficient (Wildman–Crippen LogP) is 5.49. The van der Waals surface area contributed by atoms with E-state index in [9.17, 15) is 13.2 Å². The third kappa shape index (κ3) is 3.82. The van der Waals surface area contributed by atoms with Crippen molar-refractivity contribution in [3.05, 3.63) is 119 Å². The monoisotopic (exact) mass is 476 g/mol. The van der Waals surface area contributed by atoms with Gasteiger partial charge in [0, 0.05) is 16.8 Å². The van der Waals surface area contributed by atoms with E-state index in [0.29, 0.717) is 33.2 Å². The van der Waals surface area contributed by atoms with Crippen LogP contribution < -0.4 is 5.32 Å². The lowest BCUT2D eigenvalue weighted by molar-refractivity contribution is 0.0693. The van der Waals surface area contributed by atoms with E-state index in [2.05, 4.69) is 5.32 Å². The Bertz CT molecular complexity index is 1490. The molecular formula is C25H17ClN2O4S. The van der Waals surface area contributed by atoms with E-state index < -0.39 is 16.0 Å². The summed E-state index contributed by atoms with van der Waals surface area (Å²) in [6.07, 6.45) is 1.47. The number of fused-ring (bicyclic) bond motifs is 2. The zero-order valence-corrected chi connectivity index (χ0v) is 18.7. The van der Waals surface area contributed by atoms with E-state index in [1.807, 2.05) is 0 Å². The number of carbonyl (C=O) groups is 1. The second-order valence-electron chi connectivity index (χ2n) is 7.28. The molecule has 0 amide bonds. The molecule has 33 heavy (non-hydrogen) atoms. The van der Waals surface area contributed by atoms with E-state index >= 15 is 0 Å². The Balaban J connectivity index is 1.76. The second kappa shape index (κ2) is 8.27. The summed E-state index contributed by atoms with van der Waals surface area (Å²) in [7, 11) is -3.87. The zero-order chi connectivity index (χ0) is 23.0. The molecule has 0 saturated carbocycles. The fraction of sp³-hybridized carbons (Fsp3) is 0. The van der Waals surface area contributed by atoms with Crippen LogP contribution in [0.4, 0.5) is 5.69 Å². The van der Waals surface area contributed by atoms with Gasteiger partial charge in [0.25, 0.3) is 10.0 Å². The number of aromatic nitrogens is 1. The fourth-order valence-electron chi connectivity index (χ4n) is 3.62. The molecule has 0 unspecified atom stereocenters. The molecule has 0 aliphatic carbocycles. The van der Waals surface area contributed by atoms with Gasteiger partial charge in [0.1, 0.15) is 10.6 Å². The van der Waals surface area contributed by atoms with Gasteiger partial charge < -0.3 is 10.1 Å². The summed E-state index contributed by atoms with van der Waals surface area (Å²) in [6.45, 7) is 0. The summed E-state index contributed by atoms with van der Waals surface area (Å²) in [5.41, 5.74) is 1.95. The van der Waals surface area contributed by atoms with Gasteiger partial charge in [0.05, 0.1) is 16.9 Å². The highest BCUT2D eigenvalue weighted by Crippen LogP contribution is 2.37. The van der Waals surface area contributed by atoms with Gasteiger partial charge in [0.2, 0.25) is 0 Å². The number of carbonyl (C=O) groups excluding carboxylic acids is 1. The molecule has 8 heteroatoms. The number of hydrogen-bond donors (Lipinski definition) is 1. The maximum absolute atomic E-state index is 13.3. The van der Waals surface area contributed by atoms with Crippen molar-refractivity contribution < 1.29 is 17.9 Å². The number of nitrogens with zero attached hydrogens (tertiary/aromatic N) is 1. The van der Waals surface area contributed by atoms with Crippen LogP contribution in [-0.4, -0.2) is 18.4 Å². The second-order valence-corrected chi connectivity index (χ2v) is 9.50. The van der Waals surface area contributed by atoms with Crippen LogP contribution in [0.5, 0.6) is 0 Å². The zero-order valence-electron chi connectivity index (χ0n) is 17.1. The lowest BCUT2D eigenvalue weighted by atomic mass is 10.1. The van der Waals surface area contributed by atoms with Crippen molar-refractivity contribution in [1.82, 2.24) is 3.97 Å². The number of halogens is 1. The first-order chi connectivity index (χ1) is 15.9. The standard InChI is InChI=1S/C25H17ClN2O4S/c26-19-14-12-17(13-15-19)24(32-25(29)18-7-2-1-3-8-18)23-21-10-6-16-28(21)33(30,31)22-11-5-4-9-20(22)27-23/h1-16,27H. The van der Waals surface area contributed by atoms with Gasteiger partial charge in [-0.3, -0.25) is 0 Å². The molecule has 0 fully saturated rings. The summed E-state index contributed by atoms with van der Waals surface area (Å²) in [6, 6.07) is 25.2. The van der Waals surface area contributed by atoms with Crippen molar-refractivity contribution >= 4 is 44.7 Å². The van der Waals surface area contributed by atoms with Crippen molar-refractivity contribution in [3.63, 3.8) is 0 Å². The molecule has 1 N–H and O–H groups in total. The van der Waals surface area contributed by atoms with Crippen LogP contribution in [0.25, 0.3) is 11.5 Å². The van der Waals surface area contributed by atoms with Crippen LogP contribution >= 0.6 is 11.6 Å². The minimum atomic E-state index is -3.87. The lowest BCUT2D eigenvalue weighted by Gasteiger charge is -2.17. The number of esters is 1. The molecular weight excluding hydrogens is 460 g/mol. The Labute approximate surface area is 195 Å². The average molecular weight is 477 g/mol. The van der Waals surface area contributed by atoms with Gasteiger partial charge >= 0.3 is 5.97 Å². The Morgan fingerprint density at radius 3 is 2.27 bits per heavy atom. The Kier molecular flexibility index (Phi) is 5.28. The number of anilines is 1. The van der Waals surface area contributed by atoms with Crippen LogP contribution in [0, 0.1) is 0 Å². The first-order valence-electron chi connectivity index (χ1n) is 10.0. The van der Waals surface area contributed by atoms with E-state index in [0.717, 1.165) is 0 Å². The summed E-state index contributed by atoms with van der Waals surface area (Å²) in [5.74, 6) is -0.402. The molecule has 0 saturated heterocycles. The highest BCUT2D eigenvalue weighted by molar-refractivity contribution is 7.90. The normalized spacial score (nSPS) is 15.4. The minimum Gasteiger partial charge on any atom is -0.420 e. The fourth-order valence-corrected chi connectivity index (χ4v) is 5.25. The first-order valence-corrected chi connectivity index (χ1v) is 11.8. The van der Waals surface area contributed by atoms with Gasteiger partial charge in [-0.05, 0) is 60.7 Å². The number of nitrogens with one attached hydrogen (secondary N) is 1. The van der Waals surface area contributed by atoms with Crippen LogP contribution in [0.1, 0.15) is 21.6 Å². The smallest absolute Gasteiger partial charge is 0.343 e. The SMILES string of the molecule is O=C(OC(=C1Nc2ccccc2S(=O)(=O)n2cccc21)c1ccc(Cl)cc1)c1ccccc1. The Hall–Kier alpha value is -3.81. The molecule has 0 bridgehead atoms. The lowest BCUT2D eigenvalue weighted by Crippen LogP contribution is -2.14. The van der Waals surface area contributed by atoms with E-state index in [4.69, 9.17) is 16.3 Å². The molecule has 1 aliphatic heterocycles. The highest BCUT2D eigenvalue weighted by Gasteiger charge is 2.31. The first kappa shape index (κ1) is 21.1. The van der Waals surface area contributed by atoms with Crippen LogP contribution in [0.3, 0.4) is 0 Å². The van der Waals surface area contributed by atoms with E-state index in [1.165, 1.54) is 16.2 Å². The minimum absolute atomic E-state index is 0.113. The van der Waals surface area contributed by atoms with Crippen molar-refractivity contribution in [1.29, 1.82) is 0 Å². The number of ether oxygens (including phenoxy) is 1. The molecule has 0 radical (unpaired) electrons. The average Bonchev–Trinajstić information content (AvgIpc) is 3.30. The Morgan fingerprint density at radius 1 is 0.818 bits per heavy atom. The molecule has 4 aromatic rings. The van der Waals surface area contributed by atoms with Crippen molar-refractivity contribution in [2.75, 3.05) is 5.32 Å². The molecule has 1 aromatic heterocycles. The van der Waals surface area contributed by atoms with Crippen LogP contribution in [-0.2, 0) is 14.8 Å². The number of rotatable bonds is 3. The van der Waals surface area contributed by atoms with E-state index in [-0.39, 0.29) is 10.7 Å². The summed E-state index contributed by atoms with van der Waals surface area (Å²) < 4.78 is 33.8. The molecule has 0 spiro atoms. The number of benzene rings is 3. The summed E-state index contributed by atoms with van der Waals surface area (Å²) in [4.78, 5) is 13.1. The van der Waals surface area contributed by atoms with Gasteiger partial charge in [-0.25, -0.2) is 17.2 Å². The predicted molar refractivity (Wildman–Crippen MR) is 127 cm³/mol. The largest absolute Gasteiger partial charge is 0.420 e. The van der Waals surface area contributed by atoms with Gasteiger partial charge in [0.15, 0.2) is 5.76 Å². The van der Waals surface area contributed by atoms with Gasteiger partial charge in [-0.2, -0.15) is 0 Å². The van der Waals surface area contributed by atoms with Crippen LogP contribution in [0.2, 0.25) is 5.02 Å². The third-order valence-electron chi connectivity index (χ3n) is 5.19. The molecule has 5 rings (SSSR count). The molecule has 164 valence electrons. The molecule has 3 aromatic carbocycles. The van der Waals surface area contributed by atoms with Gasteiger partial charge in [-0.1, -0.05) is 41.9 Å². The van der Waals surface area contributed by atoms with Crippen molar-refractivity contribution in [2.24, 2.45) is 0 Å². The third-order valence-corrected chi connectivity index (χ3v) is 7.19. The van der Waals surface area contributed by atoms with E-state index in [1.54, 1.807) is 84.9 Å². The molecule has 1 aliphatic rings. The molecule has 0 atom stereocenters. The van der Waals surface area contributed by atoms with Crippen molar-refractivity contribution in [3.8, 4) is 0 Å². The molecule has 6 nitrogen and oxygen atoms in total. The maximum Gasteiger partial charge on any atom is 0.343 e. The van der Waals surface area contributed by atoms with Crippen LogP contribution in [0.15, 0.2) is 102 Å². The summed E-state index contributed by atoms with van der Waals surface area (Å²) >= 11 is 6.07. The van der Waals surface area contributed by atoms with Gasteiger partial charge in [-0.15, -0.1) is 0 Å². The highest BCUT2D eigenvalue weighted by atomic mass is 35.5. The number of hydrogen-bond acceptors (Lipinski definition) is 5. The van der Waals surface area contributed by atoms with Crippen molar-refractivity contribution in [2.45, 2.75) is 4.90 Å². The number of para-hydroxylation sites is 1. The summed E-state index contributed by atoms with van der Waals surface area (Å²) in [5, 5.41) is 3.71. The maximum atomic E-state index is 13.3. The quantitative estimate of drug-likeness (QED) is 0.312. The Morgan fingerprint density at radius 2 is 1.52 bits per heavy atom. The topological polar surface area (TPSA) is 77.4 Å².